The van der Waals surface area contributed by atoms with E-state index in [0.29, 0.717) is 10.8 Å². The van der Waals surface area contributed by atoms with Crippen LogP contribution >= 0.6 is 12.2 Å². The second-order valence-electron chi connectivity index (χ2n) is 6.98. The third-order valence-electron chi connectivity index (χ3n) is 5.22. The number of nitrogens with zero attached hydrogens (tertiary/aromatic N) is 4. The van der Waals surface area contributed by atoms with Gasteiger partial charge in [-0.05, 0) is 60.7 Å². The Balaban J connectivity index is 1.69. The number of aromatic nitrogens is 3. The standard InChI is InChI=1S/C23H19N5OS/c29-19-11-2-1-9-17(19)28-22(21(26-23(28)30)16-8-3-5-13-24-16)18-10-7-15-27(18)20-12-4-6-14-25-20/h1-15,21-22,29H,(H,26,30)/t21-,22-/m1/s1. The van der Waals surface area contributed by atoms with E-state index in [9.17, 15) is 5.11 Å². The Bertz CT molecular complexity index is 1180. The monoisotopic (exact) mass is 413 g/mol. The van der Waals surface area contributed by atoms with Gasteiger partial charge < -0.3 is 19.9 Å². The minimum Gasteiger partial charge on any atom is -0.506 e. The number of thiocarbonyl (C=S) groups is 1. The Morgan fingerprint density at radius 1 is 0.867 bits per heavy atom. The number of phenols is 1. The highest BCUT2D eigenvalue weighted by atomic mass is 32.1. The molecule has 0 amide bonds. The summed E-state index contributed by atoms with van der Waals surface area (Å²) in [7, 11) is 0. The number of nitrogens with one attached hydrogen (secondary N) is 1. The lowest BCUT2D eigenvalue weighted by Crippen LogP contribution is -2.30. The predicted octanol–water partition coefficient (Wildman–Crippen LogP) is 4.15. The van der Waals surface area contributed by atoms with Gasteiger partial charge in [0.05, 0.1) is 17.4 Å². The van der Waals surface area contributed by atoms with Crippen LogP contribution in [0, 0.1) is 0 Å². The summed E-state index contributed by atoms with van der Waals surface area (Å²) >= 11 is 5.72. The second kappa shape index (κ2) is 7.61. The molecule has 30 heavy (non-hydrogen) atoms. The molecule has 5 rings (SSSR count). The van der Waals surface area contributed by atoms with Crippen LogP contribution in [-0.4, -0.2) is 24.8 Å². The largest absolute Gasteiger partial charge is 0.506 e. The van der Waals surface area contributed by atoms with Gasteiger partial charge >= 0.3 is 0 Å². The Kier molecular flexibility index (Phi) is 4.65. The molecule has 2 N–H and O–H groups in total. The fraction of sp³-hybridized carbons (Fsp3) is 0.0870. The molecule has 6 nitrogen and oxygen atoms in total. The molecule has 1 aliphatic rings. The van der Waals surface area contributed by atoms with Gasteiger partial charge in [0.15, 0.2) is 5.11 Å². The summed E-state index contributed by atoms with van der Waals surface area (Å²) in [6.45, 7) is 0. The lowest BCUT2D eigenvalue weighted by molar-refractivity contribution is 0.472. The Hall–Kier alpha value is -3.71. The zero-order chi connectivity index (χ0) is 20.5. The first-order valence-corrected chi connectivity index (χ1v) is 10.0. The van der Waals surface area contributed by atoms with E-state index >= 15 is 0 Å². The van der Waals surface area contributed by atoms with Crippen molar-refractivity contribution in [3.63, 3.8) is 0 Å². The summed E-state index contributed by atoms with van der Waals surface area (Å²) < 4.78 is 2.04. The van der Waals surface area contributed by atoms with Crippen LogP contribution in [0.4, 0.5) is 5.69 Å². The van der Waals surface area contributed by atoms with Crippen molar-refractivity contribution in [1.29, 1.82) is 0 Å². The van der Waals surface area contributed by atoms with Crippen molar-refractivity contribution in [1.82, 2.24) is 19.9 Å². The van der Waals surface area contributed by atoms with E-state index in [0.717, 1.165) is 17.2 Å². The van der Waals surface area contributed by atoms with E-state index in [1.807, 2.05) is 70.3 Å². The SMILES string of the molecule is Oc1ccccc1N1C(=S)N[C@H](c2ccccn2)[C@H]1c1cccn1-c1ccccn1. The number of rotatable bonds is 4. The molecule has 1 aromatic carbocycles. The Morgan fingerprint density at radius 3 is 2.37 bits per heavy atom. The predicted molar refractivity (Wildman–Crippen MR) is 120 cm³/mol. The first-order chi connectivity index (χ1) is 14.7. The maximum Gasteiger partial charge on any atom is 0.174 e. The Labute approximate surface area is 179 Å². The van der Waals surface area contributed by atoms with Gasteiger partial charge in [0.2, 0.25) is 0 Å². The number of benzene rings is 1. The second-order valence-corrected chi connectivity index (χ2v) is 7.36. The number of hydrogen-bond donors (Lipinski definition) is 2. The van der Waals surface area contributed by atoms with Crippen LogP contribution in [-0.2, 0) is 0 Å². The van der Waals surface area contributed by atoms with Gasteiger partial charge in [-0.25, -0.2) is 4.98 Å². The van der Waals surface area contributed by atoms with Gasteiger partial charge in [-0.15, -0.1) is 0 Å². The van der Waals surface area contributed by atoms with Gasteiger partial charge in [-0.3, -0.25) is 4.98 Å². The molecule has 0 spiro atoms. The van der Waals surface area contributed by atoms with Crippen molar-refractivity contribution in [3.05, 3.63) is 103 Å². The van der Waals surface area contributed by atoms with Gasteiger partial charge in [-0.2, -0.15) is 0 Å². The van der Waals surface area contributed by atoms with Crippen molar-refractivity contribution < 1.29 is 5.11 Å². The van der Waals surface area contributed by atoms with E-state index < -0.39 is 0 Å². The minimum atomic E-state index is -0.238. The zero-order valence-electron chi connectivity index (χ0n) is 16.0. The lowest BCUT2D eigenvalue weighted by Gasteiger charge is -2.29. The molecule has 1 fully saturated rings. The van der Waals surface area contributed by atoms with Crippen molar-refractivity contribution in [3.8, 4) is 11.6 Å². The highest BCUT2D eigenvalue weighted by Crippen LogP contribution is 2.44. The maximum absolute atomic E-state index is 10.6. The molecule has 0 aliphatic carbocycles. The first kappa shape index (κ1) is 18.3. The fourth-order valence-electron chi connectivity index (χ4n) is 3.92. The number of aromatic hydroxyl groups is 1. The zero-order valence-corrected chi connectivity index (χ0v) is 16.8. The van der Waals surface area contributed by atoms with Crippen LogP contribution < -0.4 is 10.2 Å². The van der Waals surface area contributed by atoms with Crippen LogP contribution in [0.3, 0.4) is 0 Å². The molecular formula is C23H19N5OS. The van der Waals surface area contributed by atoms with Gasteiger partial charge in [0, 0.05) is 24.3 Å². The molecular weight excluding hydrogens is 394 g/mol. The quantitative estimate of drug-likeness (QED) is 0.490. The number of anilines is 1. The molecule has 3 aromatic heterocycles. The smallest absolute Gasteiger partial charge is 0.174 e. The number of pyridine rings is 2. The molecule has 0 bridgehead atoms. The average molecular weight is 414 g/mol. The van der Waals surface area contributed by atoms with E-state index in [4.69, 9.17) is 12.2 Å². The highest BCUT2D eigenvalue weighted by molar-refractivity contribution is 7.80. The normalized spacial score (nSPS) is 18.4. The first-order valence-electron chi connectivity index (χ1n) is 9.61. The molecule has 0 unspecified atom stereocenters. The summed E-state index contributed by atoms with van der Waals surface area (Å²) in [5, 5.41) is 14.5. The summed E-state index contributed by atoms with van der Waals surface area (Å²) in [5.41, 5.74) is 2.50. The Morgan fingerprint density at radius 2 is 1.63 bits per heavy atom. The summed E-state index contributed by atoms with van der Waals surface area (Å²) in [4.78, 5) is 11.0. The third-order valence-corrected chi connectivity index (χ3v) is 5.53. The summed E-state index contributed by atoms with van der Waals surface area (Å²) in [5.74, 6) is 0.983. The molecule has 1 saturated heterocycles. The summed E-state index contributed by atoms with van der Waals surface area (Å²) in [6, 6.07) is 22.5. The molecule has 7 heteroatoms. The van der Waals surface area contributed by atoms with E-state index in [2.05, 4.69) is 21.4 Å². The van der Waals surface area contributed by atoms with Gasteiger partial charge in [-0.1, -0.05) is 24.3 Å². The molecule has 4 heterocycles. The molecule has 2 atom stereocenters. The number of hydrogen-bond acceptors (Lipinski definition) is 4. The van der Waals surface area contributed by atoms with Gasteiger partial charge in [0.25, 0.3) is 0 Å². The number of para-hydroxylation sites is 2. The van der Waals surface area contributed by atoms with Crippen molar-refractivity contribution in [2.45, 2.75) is 12.1 Å². The van der Waals surface area contributed by atoms with Crippen LogP contribution in [0.15, 0.2) is 91.4 Å². The fourth-order valence-corrected chi connectivity index (χ4v) is 4.26. The van der Waals surface area contributed by atoms with Gasteiger partial charge in [0.1, 0.15) is 17.6 Å². The molecule has 4 aromatic rings. The molecule has 148 valence electrons. The number of phenolic OH excluding ortho intramolecular Hbond substituents is 1. The molecule has 0 saturated carbocycles. The third kappa shape index (κ3) is 3.09. The van der Waals surface area contributed by atoms with Crippen LogP contribution in [0.25, 0.3) is 5.82 Å². The van der Waals surface area contributed by atoms with Crippen molar-refractivity contribution >= 4 is 23.0 Å². The average Bonchev–Trinajstić information content (AvgIpc) is 3.40. The maximum atomic E-state index is 10.6. The van der Waals surface area contributed by atoms with Crippen LogP contribution in [0.2, 0.25) is 0 Å². The van der Waals surface area contributed by atoms with Crippen molar-refractivity contribution in [2.24, 2.45) is 0 Å². The van der Waals surface area contributed by atoms with Crippen molar-refractivity contribution in [2.75, 3.05) is 4.90 Å². The van der Waals surface area contributed by atoms with E-state index in [1.165, 1.54) is 0 Å². The highest BCUT2D eigenvalue weighted by Gasteiger charge is 2.43. The molecule has 0 radical (unpaired) electrons. The van der Waals surface area contributed by atoms with Crippen LogP contribution in [0.1, 0.15) is 23.5 Å². The minimum absolute atomic E-state index is 0.171. The summed E-state index contributed by atoms with van der Waals surface area (Å²) in [6.07, 6.45) is 5.53. The molecule has 1 aliphatic heterocycles. The topological polar surface area (TPSA) is 66.2 Å². The van der Waals surface area contributed by atoms with E-state index in [-0.39, 0.29) is 17.8 Å². The lowest BCUT2D eigenvalue weighted by atomic mass is 10.0. The van der Waals surface area contributed by atoms with Crippen LogP contribution in [0.5, 0.6) is 5.75 Å². The van der Waals surface area contributed by atoms with E-state index in [1.54, 1.807) is 24.5 Å².